The molecule has 0 unspecified atom stereocenters. The number of aromatic nitrogens is 8. The van der Waals surface area contributed by atoms with Crippen LogP contribution in [-0.4, -0.2) is 47.5 Å². The molecule has 0 atom stereocenters. The number of hydrogen-bond acceptors (Lipinski definition) is 9. The Bertz CT molecular complexity index is 1180. The third kappa shape index (κ3) is 4.72. The Morgan fingerprint density at radius 2 is 1.84 bits per heavy atom. The third-order valence-electron chi connectivity index (χ3n) is 4.68. The molecule has 0 saturated heterocycles. The van der Waals surface area contributed by atoms with Crippen molar-refractivity contribution in [1.82, 2.24) is 40.4 Å². The van der Waals surface area contributed by atoms with Crippen molar-refractivity contribution in [3.63, 3.8) is 0 Å². The zero-order valence-corrected chi connectivity index (χ0v) is 17.8. The first-order chi connectivity index (χ1) is 15.7. The lowest BCUT2D eigenvalue weighted by Crippen LogP contribution is -2.09. The van der Waals surface area contributed by atoms with E-state index >= 15 is 0 Å². The number of rotatable bonds is 10. The van der Waals surface area contributed by atoms with Gasteiger partial charge in [0.15, 0.2) is 23.9 Å². The van der Waals surface area contributed by atoms with Crippen LogP contribution < -0.4 is 14.8 Å². The highest BCUT2D eigenvalue weighted by molar-refractivity contribution is 5.44. The summed E-state index contributed by atoms with van der Waals surface area (Å²) in [4.78, 5) is 0. The summed E-state index contributed by atoms with van der Waals surface area (Å²) in [5.41, 5.74) is 3.01. The third-order valence-corrected chi connectivity index (χ3v) is 4.68. The van der Waals surface area contributed by atoms with E-state index in [1.165, 1.54) is 0 Å². The van der Waals surface area contributed by atoms with Crippen LogP contribution in [0.25, 0.3) is 5.69 Å². The number of anilines is 1. The molecule has 1 N–H and O–H groups in total. The fraction of sp³-hybridized carbons (Fsp3) is 0.238. The maximum absolute atomic E-state index is 5.96. The van der Waals surface area contributed by atoms with Crippen LogP contribution in [0.15, 0.2) is 55.1 Å². The fourth-order valence-corrected chi connectivity index (χ4v) is 3.02. The van der Waals surface area contributed by atoms with E-state index in [0.29, 0.717) is 36.4 Å². The molecule has 32 heavy (non-hydrogen) atoms. The number of aryl methyl sites for hydroxylation is 1. The monoisotopic (exact) mass is 433 g/mol. The molecule has 0 amide bonds. The summed E-state index contributed by atoms with van der Waals surface area (Å²) in [6, 6.07) is 13.6. The molecule has 11 nitrogen and oxygen atoms in total. The van der Waals surface area contributed by atoms with Crippen LogP contribution in [0.1, 0.15) is 17.0 Å². The first-order valence-electron chi connectivity index (χ1n) is 9.93. The zero-order valence-electron chi connectivity index (χ0n) is 17.8. The summed E-state index contributed by atoms with van der Waals surface area (Å²) in [5.74, 6) is 2.33. The molecule has 0 spiro atoms. The van der Waals surface area contributed by atoms with Crippen LogP contribution in [-0.2, 0) is 19.7 Å². The Morgan fingerprint density at radius 3 is 2.62 bits per heavy atom. The SMILES string of the molecule is C=CCn1nnnc1NCc1ccc(OCc2nnnn2-c2ccc(C)cc2)c(OC)c1. The van der Waals surface area contributed by atoms with Gasteiger partial charge in [0.2, 0.25) is 5.95 Å². The zero-order chi connectivity index (χ0) is 22.3. The van der Waals surface area contributed by atoms with Gasteiger partial charge in [0.25, 0.3) is 0 Å². The minimum Gasteiger partial charge on any atom is -0.493 e. The molecule has 0 bridgehead atoms. The number of hydrogen-bond donors (Lipinski definition) is 1. The van der Waals surface area contributed by atoms with Crippen molar-refractivity contribution in [2.24, 2.45) is 0 Å². The van der Waals surface area contributed by atoms with Gasteiger partial charge in [-0.3, -0.25) is 0 Å². The topological polar surface area (TPSA) is 118 Å². The van der Waals surface area contributed by atoms with Gasteiger partial charge < -0.3 is 14.8 Å². The normalized spacial score (nSPS) is 10.7. The van der Waals surface area contributed by atoms with E-state index in [1.807, 2.05) is 49.4 Å². The lowest BCUT2D eigenvalue weighted by molar-refractivity contribution is 0.273. The molecule has 0 saturated carbocycles. The highest BCUT2D eigenvalue weighted by Gasteiger charge is 2.12. The highest BCUT2D eigenvalue weighted by atomic mass is 16.5. The maximum Gasteiger partial charge on any atom is 0.243 e. The molecule has 0 radical (unpaired) electrons. The van der Waals surface area contributed by atoms with Gasteiger partial charge in [0.05, 0.1) is 19.3 Å². The number of ether oxygens (including phenoxy) is 2. The molecule has 4 aromatic rings. The molecule has 2 aromatic carbocycles. The Balaban J connectivity index is 1.43. The van der Waals surface area contributed by atoms with Gasteiger partial charge in [-0.25, -0.2) is 4.68 Å². The van der Waals surface area contributed by atoms with E-state index in [4.69, 9.17) is 9.47 Å². The molecule has 0 fully saturated rings. The van der Waals surface area contributed by atoms with Crippen LogP contribution in [0, 0.1) is 6.92 Å². The number of nitrogens with zero attached hydrogens (tertiary/aromatic N) is 8. The molecule has 0 aliphatic rings. The number of tetrazole rings is 2. The number of allylic oxidation sites excluding steroid dienone is 1. The molecule has 164 valence electrons. The molecule has 4 rings (SSSR count). The molecule has 0 aliphatic heterocycles. The second-order valence-corrected chi connectivity index (χ2v) is 6.94. The van der Waals surface area contributed by atoms with Crippen molar-refractivity contribution in [3.8, 4) is 17.2 Å². The van der Waals surface area contributed by atoms with Crippen LogP contribution >= 0.6 is 0 Å². The van der Waals surface area contributed by atoms with Crippen molar-refractivity contribution < 1.29 is 9.47 Å². The quantitative estimate of drug-likeness (QED) is 0.376. The largest absolute Gasteiger partial charge is 0.493 e. The summed E-state index contributed by atoms with van der Waals surface area (Å²) in [7, 11) is 1.60. The smallest absolute Gasteiger partial charge is 0.243 e. The molecular weight excluding hydrogens is 410 g/mol. The Hall–Kier alpha value is -4.28. The molecule has 2 aromatic heterocycles. The summed E-state index contributed by atoms with van der Waals surface area (Å²) < 4.78 is 14.7. The van der Waals surface area contributed by atoms with Gasteiger partial charge in [0, 0.05) is 6.54 Å². The van der Waals surface area contributed by atoms with Crippen molar-refractivity contribution >= 4 is 5.95 Å². The van der Waals surface area contributed by atoms with Crippen molar-refractivity contribution in [1.29, 1.82) is 0 Å². The second kappa shape index (κ2) is 9.69. The van der Waals surface area contributed by atoms with Crippen molar-refractivity contribution in [2.75, 3.05) is 12.4 Å². The second-order valence-electron chi connectivity index (χ2n) is 6.94. The fourth-order valence-electron chi connectivity index (χ4n) is 3.02. The van der Waals surface area contributed by atoms with E-state index in [2.05, 4.69) is 42.9 Å². The predicted molar refractivity (Wildman–Crippen MR) is 117 cm³/mol. The lowest BCUT2D eigenvalue weighted by Gasteiger charge is -2.13. The number of methoxy groups -OCH3 is 1. The van der Waals surface area contributed by atoms with Crippen LogP contribution in [0.4, 0.5) is 5.95 Å². The Morgan fingerprint density at radius 1 is 1.03 bits per heavy atom. The molecular formula is C21H23N9O2. The van der Waals surface area contributed by atoms with Crippen LogP contribution in [0.2, 0.25) is 0 Å². The van der Waals surface area contributed by atoms with Crippen LogP contribution in [0.3, 0.4) is 0 Å². The van der Waals surface area contributed by atoms with Crippen molar-refractivity contribution in [3.05, 3.63) is 72.1 Å². The minimum absolute atomic E-state index is 0.186. The molecule has 11 heteroatoms. The van der Waals surface area contributed by atoms with Gasteiger partial charge in [-0.2, -0.15) is 4.68 Å². The number of benzene rings is 2. The van der Waals surface area contributed by atoms with Gasteiger partial charge in [-0.1, -0.05) is 34.9 Å². The summed E-state index contributed by atoms with van der Waals surface area (Å²) in [6.45, 7) is 6.95. The first kappa shape index (κ1) is 21.0. The summed E-state index contributed by atoms with van der Waals surface area (Å²) >= 11 is 0. The van der Waals surface area contributed by atoms with E-state index in [0.717, 1.165) is 16.8 Å². The van der Waals surface area contributed by atoms with E-state index < -0.39 is 0 Å². The van der Waals surface area contributed by atoms with Gasteiger partial charge in [0.1, 0.15) is 0 Å². The van der Waals surface area contributed by atoms with Gasteiger partial charge >= 0.3 is 0 Å². The van der Waals surface area contributed by atoms with Gasteiger partial charge in [-0.05, 0) is 57.6 Å². The molecule has 0 aliphatic carbocycles. The lowest BCUT2D eigenvalue weighted by atomic mass is 10.2. The number of nitrogens with one attached hydrogen (secondary N) is 1. The molecule has 2 heterocycles. The Kier molecular flexibility index (Phi) is 6.35. The Labute approximate surface area is 184 Å². The van der Waals surface area contributed by atoms with Crippen LogP contribution in [0.5, 0.6) is 11.5 Å². The summed E-state index contributed by atoms with van der Waals surface area (Å²) in [5, 5.41) is 26.7. The first-order valence-corrected chi connectivity index (χ1v) is 9.93. The average Bonchev–Trinajstić information content (AvgIpc) is 3.46. The van der Waals surface area contributed by atoms with E-state index in [9.17, 15) is 0 Å². The maximum atomic E-state index is 5.96. The average molecular weight is 433 g/mol. The van der Waals surface area contributed by atoms with Gasteiger partial charge in [-0.15, -0.1) is 11.7 Å². The summed E-state index contributed by atoms with van der Waals surface area (Å²) in [6.07, 6.45) is 1.73. The van der Waals surface area contributed by atoms with E-state index in [1.54, 1.807) is 22.5 Å². The highest BCUT2D eigenvalue weighted by Crippen LogP contribution is 2.29. The van der Waals surface area contributed by atoms with Crippen molar-refractivity contribution in [2.45, 2.75) is 26.6 Å². The van der Waals surface area contributed by atoms with E-state index in [-0.39, 0.29) is 6.61 Å². The standard InChI is InChI=1S/C21H23N9O2/c1-4-11-29-21(24-26-27-29)22-13-16-7-10-18(19(12-16)31-3)32-14-20-23-25-28-30(20)17-8-5-15(2)6-9-17/h4-10,12H,1,11,13-14H2,2-3H3,(H,22,24,27). The predicted octanol–water partition coefficient (Wildman–Crippen LogP) is 2.34. The minimum atomic E-state index is 0.186.